The number of carbonyl (C=O) groups is 1. The molecule has 1 aromatic carbocycles. The van der Waals surface area contributed by atoms with Crippen molar-refractivity contribution >= 4 is 5.97 Å². The Morgan fingerprint density at radius 2 is 1.90 bits per heavy atom. The van der Waals surface area contributed by atoms with Gasteiger partial charge in [0, 0.05) is 25.2 Å². The predicted octanol–water partition coefficient (Wildman–Crippen LogP) is 2.03. The number of benzene rings is 1. The molecule has 0 atom stereocenters. The number of aliphatic carboxylic acids is 1. The minimum absolute atomic E-state index is 0.0809. The normalized spacial score (nSPS) is 17.3. The van der Waals surface area contributed by atoms with E-state index in [-0.39, 0.29) is 24.8 Å². The molecule has 0 saturated carbocycles. The summed E-state index contributed by atoms with van der Waals surface area (Å²) in [7, 11) is 0. The van der Waals surface area contributed by atoms with Crippen molar-refractivity contribution in [2.24, 2.45) is 0 Å². The van der Waals surface area contributed by atoms with Gasteiger partial charge in [-0.3, -0.25) is 4.90 Å². The first-order valence-corrected chi connectivity index (χ1v) is 6.55. The number of halogens is 2. The van der Waals surface area contributed by atoms with E-state index in [1.165, 1.54) is 18.2 Å². The molecule has 1 saturated heterocycles. The third kappa shape index (κ3) is 3.98. The number of carboxylic acids is 1. The van der Waals surface area contributed by atoms with Crippen molar-refractivity contribution in [2.45, 2.75) is 25.5 Å². The van der Waals surface area contributed by atoms with E-state index >= 15 is 0 Å². The maximum absolute atomic E-state index is 13.5. The summed E-state index contributed by atoms with van der Waals surface area (Å²) in [4.78, 5) is 12.4. The molecule has 20 heavy (non-hydrogen) atoms. The predicted molar refractivity (Wildman–Crippen MR) is 68.2 cm³/mol. The first kappa shape index (κ1) is 14.9. The van der Waals surface area contributed by atoms with Gasteiger partial charge < -0.3 is 9.84 Å². The number of ether oxygens (including phenoxy) is 1. The van der Waals surface area contributed by atoms with E-state index in [0.717, 1.165) is 0 Å². The number of carboxylic acid groups (broad SMARTS) is 1. The quantitative estimate of drug-likeness (QED) is 0.899. The van der Waals surface area contributed by atoms with Crippen LogP contribution in [0.2, 0.25) is 0 Å². The number of hydrogen-bond acceptors (Lipinski definition) is 3. The van der Waals surface area contributed by atoms with Crippen LogP contribution in [0.1, 0.15) is 18.4 Å². The number of hydrogen-bond donors (Lipinski definition) is 1. The van der Waals surface area contributed by atoms with Crippen molar-refractivity contribution in [2.75, 3.05) is 19.7 Å². The molecule has 0 aliphatic carbocycles. The van der Waals surface area contributed by atoms with Crippen molar-refractivity contribution in [3.05, 3.63) is 35.4 Å². The van der Waals surface area contributed by atoms with Crippen LogP contribution in [0.5, 0.6) is 0 Å². The number of piperidine rings is 1. The Balaban J connectivity index is 1.84. The molecular formula is C14H17F2NO3. The Morgan fingerprint density at radius 3 is 2.45 bits per heavy atom. The van der Waals surface area contributed by atoms with Crippen LogP contribution >= 0.6 is 0 Å². The summed E-state index contributed by atoms with van der Waals surface area (Å²) in [6.45, 7) is 1.20. The van der Waals surface area contributed by atoms with Gasteiger partial charge in [0.25, 0.3) is 0 Å². The Bertz CT molecular complexity index is 453. The molecule has 0 amide bonds. The van der Waals surface area contributed by atoms with Gasteiger partial charge in [-0.05, 0) is 25.0 Å². The van der Waals surface area contributed by atoms with Gasteiger partial charge in [0.15, 0.2) is 0 Å². The average Bonchev–Trinajstić information content (AvgIpc) is 2.42. The lowest BCUT2D eigenvalue weighted by Gasteiger charge is -2.31. The van der Waals surface area contributed by atoms with Gasteiger partial charge >= 0.3 is 5.97 Å². The van der Waals surface area contributed by atoms with E-state index in [2.05, 4.69) is 0 Å². The summed E-state index contributed by atoms with van der Waals surface area (Å²) < 4.78 is 32.3. The minimum atomic E-state index is -0.985. The zero-order valence-corrected chi connectivity index (χ0v) is 11.0. The average molecular weight is 285 g/mol. The maximum Gasteiger partial charge on any atom is 0.329 e. The third-order valence-corrected chi connectivity index (χ3v) is 3.42. The molecule has 1 fully saturated rings. The van der Waals surface area contributed by atoms with Crippen molar-refractivity contribution < 1.29 is 23.4 Å². The lowest BCUT2D eigenvalue weighted by atomic mass is 10.1. The summed E-state index contributed by atoms with van der Waals surface area (Å²) in [6.07, 6.45) is 1.25. The van der Waals surface area contributed by atoms with Crippen LogP contribution in [0.25, 0.3) is 0 Å². The third-order valence-electron chi connectivity index (χ3n) is 3.42. The zero-order chi connectivity index (χ0) is 14.5. The smallest absolute Gasteiger partial charge is 0.329 e. The molecule has 1 N–H and O–H groups in total. The largest absolute Gasteiger partial charge is 0.480 e. The van der Waals surface area contributed by atoms with E-state index in [1.807, 2.05) is 4.90 Å². The second-order valence-electron chi connectivity index (χ2n) is 4.88. The van der Waals surface area contributed by atoms with Crippen LogP contribution in [0.15, 0.2) is 18.2 Å². The lowest BCUT2D eigenvalue weighted by molar-refractivity contribution is -0.145. The van der Waals surface area contributed by atoms with Crippen molar-refractivity contribution in [3.63, 3.8) is 0 Å². The van der Waals surface area contributed by atoms with E-state index in [9.17, 15) is 13.6 Å². The molecule has 0 aromatic heterocycles. The molecule has 1 aliphatic heterocycles. The summed E-state index contributed by atoms with van der Waals surface area (Å²) in [5.74, 6) is -2.05. The van der Waals surface area contributed by atoms with Gasteiger partial charge in [-0.2, -0.15) is 0 Å². The highest BCUT2D eigenvalue weighted by Gasteiger charge is 2.22. The van der Waals surface area contributed by atoms with Crippen LogP contribution < -0.4 is 0 Å². The summed E-state index contributed by atoms with van der Waals surface area (Å²) in [6, 6.07) is 3.85. The number of nitrogens with zero attached hydrogens (tertiary/aromatic N) is 1. The fraction of sp³-hybridized carbons (Fsp3) is 0.500. The maximum atomic E-state index is 13.5. The molecule has 0 bridgehead atoms. The Labute approximate surface area is 116 Å². The molecule has 4 nitrogen and oxygen atoms in total. The Morgan fingerprint density at radius 1 is 1.30 bits per heavy atom. The molecule has 1 heterocycles. The molecule has 0 unspecified atom stereocenters. The fourth-order valence-electron chi connectivity index (χ4n) is 2.33. The topological polar surface area (TPSA) is 49.8 Å². The van der Waals surface area contributed by atoms with E-state index in [4.69, 9.17) is 9.84 Å². The van der Waals surface area contributed by atoms with Crippen molar-refractivity contribution in [1.82, 2.24) is 4.90 Å². The number of rotatable bonds is 5. The Hall–Kier alpha value is -1.53. The first-order chi connectivity index (χ1) is 9.56. The van der Waals surface area contributed by atoms with Gasteiger partial charge in [-0.25, -0.2) is 13.6 Å². The minimum Gasteiger partial charge on any atom is -0.480 e. The van der Waals surface area contributed by atoms with Gasteiger partial charge in [-0.15, -0.1) is 0 Å². The van der Waals surface area contributed by atoms with Gasteiger partial charge in [0.2, 0.25) is 0 Å². The summed E-state index contributed by atoms with van der Waals surface area (Å²) in [5, 5.41) is 8.53. The molecule has 1 aromatic rings. The van der Waals surface area contributed by atoms with Crippen LogP contribution in [-0.2, 0) is 16.1 Å². The fourth-order valence-corrected chi connectivity index (χ4v) is 2.33. The lowest BCUT2D eigenvalue weighted by Crippen LogP contribution is -2.37. The van der Waals surface area contributed by atoms with Gasteiger partial charge in [0.1, 0.15) is 18.2 Å². The van der Waals surface area contributed by atoms with Gasteiger partial charge in [0.05, 0.1) is 6.10 Å². The molecule has 1 aliphatic rings. The molecule has 110 valence electrons. The standard InChI is InChI=1S/C14H17F2NO3/c15-12-2-1-3-13(16)11(12)8-17-6-4-10(5-7-17)20-9-14(18)19/h1-3,10H,4-9H2,(H,18,19). The molecule has 0 radical (unpaired) electrons. The highest BCUT2D eigenvalue weighted by atomic mass is 19.1. The van der Waals surface area contributed by atoms with Crippen molar-refractivity contribution in [1.29, 1.82) is 0 Å². The molecule has 0 spiro atoms. The first-order valence-electron chi connectivity index (χ1n) is 6.55. The molecular weight excluding hydrogens is 268 g/mol. The van der Waals surface area contributed by atoms with Crippen LogP contribution in [-0.4, -0.2) is 41.8 Å². The number of likely N-dealkylation sites (tertiary alicyclic amines) is 1. The highest BCUT2D eigenvalue weighted by molar-refractivity contribution is 5.68. The Kier molecular flexibility index (Phi) is 5.03. The second-order valence-corrected chi connectivity index (χ2v) is 4.88. The monoisotopic (exact) mass is 285 g/mol. The highest BCUT2D eigenvalue weighted by Crippen LogP contribution is 2.19. The van der Waals surface area contributed by atoms with Crippen LogP contribution in [0.3, 0.4) is 0 Å². The zero-order valence-electron chi connectivity index (χ0n) is 11.0. The van der Waals surface area contributed by atoms with Gasteiger partial charge in [-0.1, -0.05) is 6.07 Å². The second kappa shape index (κ2) is 6.76. The van der Waals surface area contributed by atoms with Crippen LogP contribution in [0, 0.1) is 11.6 Å². The van der Waals surface area contributed by atoms with Crippen LogP contribution in [0.4, 0.5) is 8.78 Å². The van der Waals surface area contributed by atoms with Crippen molar-refractivity contribution in [3.8, 4) is 0 Å². The van der Waals surface area contributed by atoms with E-state index in [1.54, 1.807) is 0 Å². The summed E-state index contributed by atoms with van der Waals surface area (Å²) in [5.41, 5.74) is 0.0809. The van der Waals surface area contributed by atoms with E-state index < -0.39 is 17.6 Å². The molecule has 2 rings (SSSR count). The van der Waals surface area contributed by atoms with E-state index in [0.29, 0.717) is 25.9 Å². The SMILES string of the molecule is O=C(O)COC1CCN(Cc2c(F)cccc2F)CC1. The molecule has 6 heteroatoms. The summed E-state index contributed by atoms with van der Waals surface area (Å²) >= 11 is 0.